The van der Waals surface area contributed by atoms with Gasteiger partial charge in [0.2, 0.25) is 5.91 Å². The number of primary amides is 1. The van der Waals surface area contributed by atoms with Gasteiger partial charge in [0.1, 0.15) is 5.76 Å². The van der Waals surface area contributed by atoms with E-state index in [2.05, 4.69) is 0 Å². The van der Waals surface area contributed by atoms with Gasteiger partial charge < -0.3 is 29.8 Å². The van der Waals surface area contributed by atoms with Gasteiger partial charge in [-0.1, -0.05) is 24.3 Å². The zero-order valence-electron chi connectivity index (χ0n) is 19.0. The number of nitrogens with two attached hydrogens (primary N) is 1. The lowest BCUT2D eigenvalue weighted by Crippen LogP contribution is -2.15. The lowest BCUT2D eigenvalue weighted by atomic mass is 10.0. The monoisotopic (exact) mass is 453 g/mol. The molecule has 2 aromatic carbocycles. The fraction of sp³-hybridized carbons (Fsp3) is 0.200. The average molecular weight is 453 g/mol. The van der Waals surface area contributed by atoms with Crippen molar-refractivity contribution in [2.75, 3.05) is 28.4 Å². The van der Waals surface area contributed by atoms with Crippen LogP contribution in [0.1, 0.15) is 17.5 Å². The number of ketones is 1. The number of benzene rings is 2. The number of aliphatic hydroxyl groups excluding tert-OH is 1. The van der Waals surface area contributed by atoms with E-state index in [4.69, 9.17) is 24.7 Å². The van der Waals surface area contributed by atoms with Crippen LogP contribution >= 0.6 is 0 Å². The van der Waals surface area contributed by atoms with E-state index in [0.717, 1.165) is 0 Å². The minimum atomic E-state index is -0.746. The van der Waals surface area contributed by atoms with Gasteiger partial charge in [0, 0.05) is 0 Å². The molecular weight excluding hydrogens is 426 g/mol. The first-order chi connectivity index (χ1) is 15.8. The Balaban J connectivity index is 2.31. The molecule has 0 aliphatic carbocycles. The summed E-state index contributed by atoms with van der Waals surface area (Å²) in [6.45, 7) is 0. The molecule has 0 unspecified atom stereocenters. The van der Waals surface area contributed by atoms with Crippen molar-refractivity contribution in [2.24, 2.45) is 5.73 Å². The number of carbonyl (C=O) groups is 2. The zero-order valence-corrected chi connectivity index (χ0v) is 19.0. The van der Waals surface area contributed by atoms with Crippen molar-refractivity contribution >= 4 is 23.8 Å². The van der Waals surface area contributed by atoms with Crippen LogP contribution in [0.25, 0.3) is 12.2 Å². The first kappa shape index (κ1) is 25.1. The molecule has 3 N–H and O–H groups in total. The van der Waals surface area contributed by atoms with Gasteiger partial charge in [-0.2, -0.15) is 0 Å². The largest absolute Gasteiger partial charge is 0.508 e. The fourth-order valence-corrected chi connectivity index (χ4v) is 2.94. The maximum Gasteiger partial charge on any atom is 0.222 e. The van der Waals surface area contributed by atoms with Crippen molar-refractivity contribution in [3.05, 3.63) is 71.0 Å². The summed E-state index contributed by atoms with van der Waals surface area (Å²) in [5, 5.41) is 10.5. The molecule has 8 nitrogen and oxygen atoms in total. The number of allylic oxidation sites excluding steroid dienone is 2. The van der Waals surface area contributed by atoms with Gasteiger partial charge in [0.05, 0.1) is 40.4 Å². The molecule has 2 rings (SSSR count). The predicted octanol–water partition coefficient (Wildman–Crippen LogP) is 3.70. The highest BCUT2D eigenvalue weighted by atomic mass is 16.5. The molecule has 0 aliphatic heterocycles. The molecule has 0 spiro atoms. The van der Waals surface area contributed by atoms with E-state index in [-0.39, 0.29) is 11.3 Å². The Labute approximate surface area is 192 Å². The number of rotatable bonds is 11. The fourth-order valence-electron chi connectivity index (χ4n) is 2.94. The maximum atomic E-state index is 12.7. The number of carbonyl (C=O) groups excluding carboxylic acids is 2. The molecule has 0 atom stereocenters. The van der Waals surface area contributed by atoms with Gasteiger partial charge in [-0.25, -0.2) is 0 Å². The van der Waals surface area contributed by atoms with E-state index in [9.17, 15) is 14.7 Å². The van der Waals surface area contributed by atoms with Crippen LogP contribution in [0.5, 0.6) is 23.0 Å². The molecule has 0 aliphatic rings. The van der Waals surface area contributed by atoms with Crippen molar-refractivity contribution in [3.63, 3.8) is 0 Å². The second kappa shape index (κ2) is 12.0. The van der Waals surface area contributed by atoms with E-state index >= 15 is 0 Å². The van der Waals surface area contributed by atoms with Gasteiger partial charge in [-0.3, -0.25) is 9.59 Å². The molecule has 0 saturated heterocycles. The highest BCUT2D eigenvalue weighted by Crippen LogP contribution is 2.29. The Morgan fingerprint density at radius 2 is 1.24 bits per heavy atom. The smallest absolute Gasteiger partial charge is 0.222 e. The second-order valence-corrected chi connectivity index (χ2v) is 6.77. The summed E-state index contributed by atoms with van der Waals surface area (Å²) in [7, 11) is 6.07. The van der Waals surface area contributed by atoms with Gasteiger partial charge in [-0.15, -0.1) is 0 Å². The molecular formula is C25H27NO7. The molecule has 1 amide bonds. The van der Waals surface area contributed by atoms with Gasteiger partial charge in [-0.05, 0) is 47.5 Å². The number of ether oxygens (including phenoxy) is 4. The maximum absolute atomic E-state index is 12.7. The summed E-state index contributed by atoms with van der Waals surface area (Å²) in [6, 6.07) is 10.3. The van der Waals surface area contributed by atoms with Crippen LogP contribution in [0, 0.1) is 0 Å². The summed E-state index contributed by atoms with van der Waals surface area (Å²) in [5.41, 5.74) is 6.50. The summed E-state index contributed by atoms with van der Waals surface area (Å²) >= 11 is 0. The van der Waals surface area contributed by atoms with Crippen LogP contribution in [-0.4, -0.2) is 45.2 Å². The van der Waals surface area contributed by atoms with Crippen LogP contribution in [0.4, 0.5) is 0 Å². The van der Waals surface area contributed by atoms with Crippen molar-refractivity contribution in [2.45, 2.75) is 6.42 Å². The first-order valence-corrected chi connectivity index (χ1v) is 9.87. The Bertz CT molecular complexity index is 1100. The molecule has 33 heavy (non-hydrogen) atoms. The van der Waals surface area contributed by atoms with E-state index in [1.165, 1.54) is 46.7 Å². The molecule has 8 heteroatoms. The minimum absolute atomic E-state index is 0.129. The van der Waals surface area contributed by atoms with Crippen molar-refractivity contribution in [3.8, 4) is 23.0 Å². The Hall–Kier alpha value is -4.20. The lowest BCUT2D eigenvalue weighted by molar-refractivity contribution is -0.119. The minimum Gasteiger partial charge on any atom is -0.508 e. The summed E-state index contributed by atoms with van der Waals surface area (Å²) in [4.78, 5) is 24.2. The molecule has 0 fully saturated rings. The van der Waals surface area contributed by atoms with Crippen molar-refractivity contribution in [1.29, 1.82) is 0 Å². The normalized spacial score (nSPS) is 11.9. The Morgan fingerprint density at radius 3 is 1.67 bits per heavy atom. The third-order valence-corrected chi connectivity index (χ3v) is 4.63. The SMILES string of the molecule is COc1ccc(/C=C/C(=O)C(CC(N)=O)=C(O)/C=C/c2ccc(OC)c(OC)c2)cc1OC. The first-order valence-electron chi connectivity index (χ1n) is 9.87. The molecule has 0 radical (unpaired) electrons. The van der Waals surface area contributed by atoms with Gasteiger partial charge in [0.25, 0.3) is 0 Å². The summed E-state index contributed by atoms with van der Waals surface area (Å²) in [6.07, 6.45) is 5.26. The molecule has 0 aromatic heterocycles. The van der Waals surface area contributed by atoms with E-state index in [1.807, 2.05) is 0 Å². The van der Waals surface area contributed by atoms with Crippen LogP contribution in [0.2, 0.25) is 0 Å². The van der Waals surface area contributed by atoms with E-state index < -0.39 is 18.1 Å². The van der Waals surface area contributed by atoms with Crippen LogP contribution in [0.3, 0.4) is 0 Å². The molecule has 2 aromatic rings. The average Bonchev–Trinajstić information content (AvgIpc) is 2.83. The van der Waals surface area contributed by atoms with E-state index in [1.54, 1.807) is 42.5 Å². The molecule has 0 bridgehead atoms. The number of amides is 1. The molecule has 0 saturated carbocycles. The molecule has 174 valence electrons. The number of hydrogen-bond acceptors (Lipinski definition) is 7. The standard InChI is InChI=1S/C25H27NO7/c1-30-21-11-7-16(13-23(21)32-3)5-9-19(27)18(15-25(26)29)20(28)10-6-17-8-12-22(31-2)24(14-17)33-4/h5-14,27H,15H2,1-4H3,(H2,26,29)/b9-5+,10-6+,19-18?. The highest BCUT2D eigenvalue weighted by molar-refractivity contribution is 6.09. The highest BCUT2D eigenvalue weighted by Gasteiger charge is 2.15. The quantitative estimate of drug-likeness (QED) is 0.303. The summed E-state index contributed by atoms with van der Waals surface area (Å²) in [5.74, 6) is 0.440. The van der Waals surface area contributed by atoms with E-state index in [0.29, 0.717) is 34.1 Å². The number of aliphatic hydroxyl groups is 1. The van der Waals surface area contributed by atoms with Crippen LogP contribution in [-0.2, 0) is 9.59 Å². The third-order valence-electron chi connectivity index (χ3n) is 4.63. The Morgan fingerprint density at radius 1 is 0.788 bits per heavy atom. The molecule has 0 heterocycles. The zero-order chi connectivity index (χ0) is 24.4. The van der Waals surface area contributed by atoms with Crippen LogP contribution < -0.4 is 24.7 Å². The van der Waals surface area contributed by atoms with Crippen LogP contribution in [0.15, 0.2) is 59.9 Å². The van der Waals surface area contributed by atoms with Crippen molar-refractivity contribution < 1.29 is 33.6 Å². The third kappa shape index (κ3) is 6.90. The number of hydrogen-bond donors (Lipinski definition) is 2. The van der Waals surface area contributed by atoms with Gasteiger partial charge >= 0.3 is 0 Å². The summed E-state index contributed by atoms with van der Waals surface area (Å²) < 4.78 is 20.9. The lowest BCUT2D eigenvalue weighted by Gasteiger charge is -2.08. The van der Waals surface area contributed by atoms with Crippen molar-refractivity contribution in [1.82, 2.24) is 0 Å². The number of methoxy groups -OCH3 is 4. The predicted molar refractivity (Wildman–Crippen MR) is 126 cm³/mol. The van der Waals surface area contributed by atoms with Gasteiger partial charge in [0.15, 0.2) is 28.8 Å². The Kier molecular flexibility index (Phi) is 9.11. The second-order valence-electron chi connectivity index (χ2n) is 6.77. The topological polar surface area (TPSA) is 117 Å².